The molecule has 2 N–H and O–H groups in total. The van der Waals surface area contributed by atoms with Crippen LogP contribution in [-0.2, 0) is 13.5 Å². The van der Waals surface area contributed by atoms with E-state index in [4.69, 9.17) is 0 Å². The van der Waals surface area contributed by atoms with Crippen molar-refractivity contribution in [3.63, 3.8) is 0 Å². The first kappa shape index (κ1) is 15.0. The van der Waals surface area contributed by atoms with Crippen LogP contribution in [0.5, 0.6) is 0 Å². The van der Waals surface area contributed by atoms with Crippen LogP contribution in [0.4, 0.5) is 10.5 Å². The Kier molecular flexibility index (Phi) is 3.44. The van der Waals surface area contributed by atoms with Crippen LogP contribution in [0, 0.1) is 12.8 Å². The average Bonchev–Trinajstić information content (AvgIpc) is 3.26. The van der Waals surface area contributed by atoms with Gasteiger partial charge in [-0.25, -0.2) is 4.79 Å². The zero-order chi connectivity index (χ0) is 16.8. The summed E-state index contributed by atoms with van der Waals surface area (Å²) in [6.07, 6.45) is 3.88. The predicted octanol–water partition coefficient (Wildman–Crippen LogP) is 2.54. The number of nitrogens with one attached hydrogen (secondary N) is 2. The SMILES string of the molecule is Cc1cc(=O)n(C)cc1NC(=O)N[C@@H]1[C@H]2CCc3ccccc3[C@H]21. The third-order valence-electron chi connectivity index (χ3n) is 5.31. The smallest absolute Gasteiger partial charge is 0.319 e. The van der Waals surface area contributed by atoms with Crippen molar-refractivity contribution in [1.82, 2.24) is 9.88 Å². The number of urea groups is 1. The topological polar surface area (TPSA) is 63.1 Å². The minimum atomic E-state index is -0.200. The molecule has 0 bridgehead atoms. The molecule has 124 valence electrons. The van der Waals surface area contributed by atoms with E-state index in [1.54, 1.807) is 13.2 Å². The molecule has 2 amide bonds. The second-order valence-corrected chi connectivity index (χ2v) is 6.87. The molecule has 1 aromatic heterocycles. The lowest BCUT2D eigenvalue weighted by Gasteiger charge is -2.13. The number of hydrogen-bond acceptors (Lipinski definition) is 2. The summed E-state index contributed by atoms with van der Waals surface area (Å²) in [5.41, 5.74) is 4.16. The summed E-state index contributed by atoms with van der Waals surface area (Å²) in [6, 6.07) is 10.1. The number of pyridine rings is 1. The fourth-order valence-electron chi connectivity index (χ4n) is 3.93. The van der Waals surface area contributed by atoms with Gasteiger partial charge in [0.15, 0.2) is 0 Å². The van der Waals surface area contributed by atoms with Crippen molar-refractivity contribution >= 4 is 11.7 Å². The van der Waals surface area contributed by atoms with E-state index in [2.05, 4.69) is 34.9 Å². The summed E-state index contributed by atoms with van der Waals surface area (Å²) in [4.78, 5) is 23.9. The standard InChI is InChI=1S/C19H21N3O2/c1-11-9-16(23)22(2)10-15(11)20-19(24)21-18-14-8-7-12-5-3-4-6-13(12)17(14)18/h3-6,9-10,14,17-18H,7-8H2,1-2H3,(H2,20,21,24)/t14-,17+,18+/m0/s1. The Balaban J connectivity index is 1.45. The van der Waals surface area contributed by atoms with Crippen molar-refractivity contribution in [1.29, 1.82) is 0 Å². The first-order valence-corrected chi connectivity index (χ1v) is 8.37. The molecule has 5 nitrogen and oxygen atoms in total. The Bertz CT molecular complexity index is 871. The number of fused-ring (bicyclic) bond motifs is 3. The van der Waals surface area contributed by atoms with Crippen LogP contribution in [0.2, 0.25) is 0 Å². The number of aryl methyl sites for hydroxylation is 3. The molecule has 2 aliphatic rings. The number of carbonyl (C=O) groups excluding carboxylic acids is 1. The molecule has 24 heavy (non-hydrogen) atoms. The summed E-state index contributed by atoms with van der Waals surface area (Å²) >= 11 is 0. The molecule has 2 aliphatic carbocycles. The molecular weight excluding hydrogens is 302 g/mol. The summed E-state index contributed by atoms with van der Waals surface area (Å²) in [7, 11) is 1.68. The van der Waals surface area contributed by atoms with Gasteiger partial charge in [0, 0.05) is 31.3 Å². The van der Waals surface area contributed by atoms with E-state index in [0.29, 0.717) is 17.5 Å². The number of nitrogens with zero attached hydrogens (tertiary/aromatic N) is 1. The Hall–Kier alpha value is -2.56. The van der Waals surface area contributed by atoms with Crippen molar-refractivity contribution < 1.29 is 4.79 Å². The van der Waals surface area contributed by atoms with Gasteiger partial charge in [0.2, 0.25) is 0 Å². The fraction of sp³-hybridized carbons (Fsp3) is 0.368. The second-order valence-electron chi connectivity index (χ2n) is 6.87. The molecule has 3 atom stereocenters. The maximum Gasteiger partial charge on any atom is 0.319 e. The molecule has 1 heterocycles. The molecule has 0 unspecified atom stereocenters. The van der Waals surface area contributed by atoms with Crippen LogP contribution in [0.1, 0.15) is 29.0 Å². The van der Waals surface area contributed by atoms with Crippen molar-refractivity contribution in [3.8, 4) is 0 Å². The molecule has 4 rings (SSSR count). The highest BCUT2D eigenvalue weighted by molar-refractivity contribution is 5.90. The molecule has 0 spiro atoms. The summed E-state index contributed by atoms with van der Waals surface area (Å²) < 4.78 is 1.47. The van der Waals surface area contributed by atoms with Gasteiger partial charge in [-0.15, -0.1) is 0 Å². The van der Waals surface area contributed by atoms with E-state index in [-0.39, 0.29) is 17.6 Å². The van der Waals surface area contributed by atoms with E-state index < -0.39 is 0 Å². The first-order chi connectivity index (χ1) is 11.5. The van der Waals surface area contributed by atoms with Crippen LogP contribution < -0.4 is 16.2 Å². The Labute approximate surface area is 140 Å². The second kappa shape index (κ2) is 5.51. The number of carbonyl (C=O) groups is 1. The average molecular weight is 323 g/mol. The van der Waals surface area contributed by atoms with E-state index in [9.17, 15) is 9.59 Å². The lowest BCUT2D eigenvalue weighted by Crippen LogP contribution is -2.32. The van der Waals surface area contributed by atoms with Gasteiger partial charge in [0.1, 0.15) is 0 Å². The number of aromatic nitrogens is 1. The number of anilines is 1. The predicted molar refractivity (Wildman–Crippen MR) is 93.4 cm³/mol. The molecule has 1 saturated carbocycles. The largest absolute Gasteiger partial charge is 0.334 e. The maximum absolute atomic E-state index is 12.4. The fourth-order valence-corrected chi connectivity index (χ4v) is 3.93. The van der Waals surface area contributed by atoms with E-state index in [1.807, 2.05) is 6.92 Å². The van der Waals surface area contributed by atoms with Gasteiger partial charge < -0.3 is 15.2 Å². The normalized spacial score (nSPS) is 23.8. The Morgan fingerprint density at radius 3 is 2.92 bits per heavy atom. The van der Waals surface area contributed by atoms with Crippen LogP contribution in [0.3, 0.4) is 0 Å². The molecule has 2 aromatic rings. The van der Waals surface area contributed by atoms with Gasteiger partial charge in [-0.05, 0) is 42.4 Å². The van der Waals surface area contributed by atoms with Gasteiger partial charge in [0.25, 0.3) is 5.56 Å². The lowest BCUT2D eigenvalue weighted by atomic mass is 9.92. The molecule has 1 aromatic carbocycles. The molecule has 0 radical (unpaired) electrons. The molecule has 1 fully saturated rings. The first-order valence-electron chi connectivity index (χ1n) is 8.37. The quantitative estimate of drug-likeness (QED) is 0.892. The highest BCUT2D eigenvalue weighted by Gasteiger charge is 2.53. The third kappa shape index (κ3) is 2.50. The minimum Gasteiger partial charge on any atom is -0.334 e. The lowest BCUT2D eigenvalue weighted by molar-refractivity contribution is 0.251. The summed E-state index contributed by atoms with van der Waals surface area (Å²) in [5, 5.41) is 5.98. The zero-order valence-corrected chi connectivity index (χ0v) is 13.9. The summed E-state index contributed by atoms with van der Waals surface area (Å²) in [6.45, 7) is 1.82. The molecule has 0 saturated heterocycles. The number of rotatable bonds is 2. The van der Waals surface area contributed by atoms with Crippen LogP contribution in [0.25, 0.3) is 0 Å². The zero-order valence-electron chi connectivity index (χ0n) is 13.9. The number of benzene rings is 1. The minimum absolute atomic E-state index is 0.0803. The maximum atomic E-state index is 12.4. The molecule has 0 aliphatic heterocycles. The van der Waals surface area contributed by atoms with Gasteiger partial charge in [-0.2, -0.15) is 0 Å². The Morgan fingerprint density at radius 1 is 1.29 bits per heavy atom. The summed E-state index contributed by atoms with van der Waals surface area (Å²) in [5.74, 6) is 0.994. The van der Waals surface area contributed by atoms with E-state index in [1.165, 1.54) is 21.8 Å². The van der Waals surface area contributed by atoms with Gasteiger partial charge in [0.05, 0.1) is 5.69 Å². The monoisotopic (exact) mass is 323 g/mol. The van der Waals surface area contributed by atoms with Crippen LogP contribution in [-0.4, -0.2) is 16.6 Å². The van der Waals surface area contributed by atoms with E-state index >= 15 is 0 Å². The van der Waals surface area contributed by atoms with Gasteiger partial charge in [-0.3, -0.25) is 4.79 Å². The number of hydrogen-bond donors (Lipinski definition) is 2. The van der Waals surface area contributed by atoms with Crippen LogP contribution in [0.15, 0.2) is 41.3 Å². The highest BCUT2D eigenvalue weighted by atomic mass is 16.2. The highest BCUT2D eigenvalue weighted by Crippen LogP contribution is 2.54. The van der Waals surface area contributed by atoms with Gasteiger partial charge >= 0.3 is 6.03 Å². The van der Waals surface area contributed by atoms with E-state index in [0.717, 1.165) is 18.4 Å². The molecule has 5 heteroatoms. The number of amides is 2. The van der Waals surface area contributed by atoms with Gasteiger partial charge in [-0.1, -0.05) is 24.3 Å². The third-order valence-corrected chi connectivity index (χ3v) is 5.31. The molecular formula is C19H21N3O2. The van der Waals surface area contributed by atoms with Crippen LogP contribution >= 0.6 is 0 Å². The Morgan fingerprint density at radius 2 is 2.08 bits per heavy atom. The van der Waals surface area contributed by atoms with Crippen molar-refractivity contribution in [2.45, 2.75) is 31.7 Å². The van der Waals surface area contributed by atoms with Crippen molar-refractivity contribution in [2.24, 2.45) is 13.0 Å². The van der Waals surface area contributed by atoms with Crippen molar-refractivity contribution in [3.05, 3.63) is 63.6 Å². The van der Waals surface area contributed by atoms with Crippen molar-refractivity contribution in [2.75, 3.05) is 5.32 Å².